The van der Waals surface area contributed by atoms with Gasteiger partial charge in [0.15, 0.2) is 0 Å². The maximum Gasteiger partial charge on any atom is 0.419 e. The highest BCUT2D eigenvalue weighted by molar-refractivity contribution is 7.43. The van der Waals surface area contributed by atoms with E-state index in [1.807, 2.05) is 0 Å². The normalized spacial score (nSPS) is 12.6. The largest absolute Gasteiger partial charge is 0.780 e. The second kappa shape index (κ2) is 3.84. The summed E-state index contributed by atoms with van der Waals surface area (Å²) in [5.74, 6) is -1.02. The molecule has 0 aromatic heterocycles. The van der Waals surface area contributed by atoms with Crippen molar-refractivity contribution in [1.82, 2.24) is 0 Å². The summed E-state index contributed by atoms with van der Waals surface area (Å²) in [7, 11) is -5.48. The van der Waals surface area contributed by atoms with Crippen LogP contribution in [-0.4, -0.2) is 0 Å². The van der Waals surface area contributed by atoms with Gasteiger partial charge in [-0.2, -0.15) is 13.2 Å². The van der Waals surface area contributed by atoms with Crippen molar-refractivity contribution < 1.29 is 32.0 Å². The molecule has 0 bridgehead atoms. The average molecular weight is 240 g/mol. The fraction of sp³-hybridized carbons (Fsp3) is 0.143. The van der Waals surface area contributed by atoms with Gasteiger partial charge in [0.25, 0.3) is 0 Å². The Bertz CT molecular complexity index is 397. The molecule has 0 aliphatic rings. The molecular formula is C7H4F3O4P-2. The third-order valence-electron chi connectivity index (χ3n) is 1.40. The molecule has 8 heteroatoms. The average Bonchev–Trinajstić information content (AvgIpc) is 1.99. The van der Waals surface area contributed by atoms with Crippen LogP contribution in [0.5, 0.6) is 5.75 Å². The van der Waals surface area contributed by atoms with Gasteiger partial charge in [-0.25, -0.2) is 0 Å². The van der Waals surface area contributed by atoms with Gasteiger partial charge in [-0.1, -0.05) is 12.1 Å². The lowest BCUT2D eigenvalue weighted by atomic mass is 10.2. The van der Waals surface area contributed by atoms with E-state index in [0.717, 1.165) is 18.2 Å². The molecular weight excluding hydrogens is 236 g/mol. The lowest BCUT2D eigenvalue weighted by molar-refractivity contribution is -0.333. The quantitative estimate of drug-likeness (QED) is 0.720. The summed E-state index contributed by atoms with van der Waals surface area (Å²) in [6.45, 7) is 0. The second-order valence-corrected chi connectivity index (χ2v) is 3.61. The van der Waals surface area contributed by atoms with E-state index >= 15 is 0 Å². The van der Waals surface area contributed by atoms with E-state index in [9.17, 15) is 27.5 Å². The Hall–Kier alpha value is -1.04. The minimum atomic E-state index is -5.48. The maximum absolute atomic E-state index is 12.2. The van der Waals surface area contributed by atoms with Crippen molar-refractivity contribution in [1.29, 1.82) is 0 Å². The molecule has 1 rings (SSSR count). The summed E-state index contributed by atoms with van der Waals surface area (Å²) in [6, 6.07) is 3.55. The molecule has 0 atom stereocenters. The summed E-state index contributed by atoms with van der Waals surface area (Å²) in [5.41, 5.74) is -1.31. The fourth-order valence-corrected chi connectivity index (χ4v) is 1.30. The molecule has 0 spiro atoms. The smallest absolute Gasteiger partial charge is 0.419 e. The third kappa shape index (κ3) is 3.54. The van der Waals surface area contributed by atoms with Gasteiger partial charge in [0, 0.05) is 0 Å². The molecule has 0 aliphatic carbocycles. The SMILES string of the molecule is O=P([O-])([O-])Oc1ccccc1C(F)(F)F. The lowest BCUT2D eigenvalue weighted by Gasteiger charge is -2.30. The number of rotatable bonds is 2. The van der Waals surface area contributed by atoms with Crippen LogP contribution in [0.2, 0.25) is 0 Å². The Morgan fingerprint density at radius 2 is 1.73 bits per heavy atom. The van der Waals surface area contributed by atoms with Crippen molar-refractivity contribution in [3.05, 3.63) is 29.8 Å². The third-order valence-corrected chi connectivity index (χ3v) is 1.82. The van der Waals surface area contributed by atoms with Crippen LogP contribution in [0, 0.1) is 0 Å². The van der Waals surface area contributed by atoms with Crippen LogP contribution < -0.4 is 14.3 Å². The first kappa shape index (κ1) is 12.0. The van der Waals surface area contributed by atoms with Gasteiger partial charge in [0.05, 0.1) is 5.56 Å². The van der Waals surface area contributed by atoms with Gasteiger partial charge in [0.1, 0.15) is 13.6 Å². The minimum Gasteiger partial charge on any atom is -0.780 e. The van der Waals surface area contributed by atoms with E-state index in [0.29, 0.717) is 6.07 Å². The predicted molar refractivity (Wildman–Crippen MR) is 39.7 cm³/mol. The first-order chi connectivity index (χ1) is 6.70. The standard InChI is InChI=1S/C7H6F3O4P/c8-7(9,10)5-3-1-2-4-6(5)14-15(11,12)13/h1-4H,(H2,11,12,13)/p-2. The summed E-state index contributed by atoms with van der Waals surface area (Å²) >= 11 is 0. The molecule has 0 amide bonds. The van der Waals surface area contributed by atoms with E-state index in [1.165, 1.54) is 0 Å². The van der Waals surface area contributed by atoms with Crippen molar-refractivity contribution >= 4 is 7.82 Å². The van der Waals surface area contributed by atoms with Crippen LogP contribution in [0.3, 0.4) is 0 Å². The summed E-state index contributed by atoms with van der Waals surface area (Å²) in [4.78, 5) is 20.3. The Balaban J connectivity index is 3.14. The van der Waals surface area contributed by atoms with E-state index in [1.54, 1.807) is 0 Å². The van der Waals surface area contributed by atoms with E-state index in [-0.39, 0.29) is 0 Å². The monoisotopic (exact) mass is 240 g/mol. The number of phosphoric acid groups is 1. The number of hydrogen-bond acceptors (Lipinski definition) is 4. The Kier molecular flexibility index (Phi) is 3.08. The number of hydrogen-bond donors (Lipinski definition) is 0. The van der Waals surface area contributed by atoms with Gasteiger partial charge in [-0.05, 0) is 12.1 Å². The molecule has 0 fully saturated rings. The highest BCUT2D eigenvalue weighted by Gasteiger charge is 2.34. The van der Waals surface area contributed by atoms with Crippen molar-refractivity contribution in [2.75, 3.05) is 0 Å². The number of phosphoric ester groups is 1. The fourth-order valence-electron chi connectivity index (χ4n) is 0.901. The summed E-state index contributed by atoms with van der Waals surface area (Å²) in [5, 5.41) is 0. The molecule has 84 valence electrons. The maximum atomic E-state index is 12.2. The molecule has 0 N–H and O–H groups in total. The van der Waals surface area contributed by atoms with Crippen LogP contribution in [0.4, 0.5) is 13.2 Å². The first-order valence-electron chi connectivity index (χ1n) is 3.58. The van der Waals surface area contributed by atoms with Crippen molar-refractivity contribution in [3.63, 3.8) is 0 Å². The van der Waals surface area contributed by atoms with E-state index in [4.69, 9.17) is 0 Å². The molecule has 1 aromatic rings. The lowest BCUT2D eigenvalue weighted by Crippen LogP contribution is -2.20. The van der Waals surface area contributed by atoms with Gasteiger partial charge in [-0.3, -0.25) is 0 Å². The van der Waals surface area contributed by atoms with Crippen LogP contribution in [0.15, 0.2) is 24.3 Å². The molecule has 4 nitrogen and oxygen atoms in total. The zero-order chi connectivity index (χ0) is 11.7. The van der Waals surface area contributed by atoms with Gasteiger partial charge in [0.2, 0.25) is 0 Å². The van der Waals surface area contributed by atoms with E-state index < -0.39 is 25.3 Å². The Morgan fingerprint density at radius 1 is 1.20 bits per heavy atom. The Morgan fingerprint density at radius 3 is 2.20 bits per heavy atom. The molecule has 0 unspecified atom stereocenters. The zero-order valence-electron chi connectivity index (χ0n) is 7.02. The highest BCUT2D eigenvalue weighted by atomic mass is 31.2. The van der Waals surface area contributed by atoms with Crippen molar-refractivity contribution in [2.24, 2.45) is 0 Å². The second-order valence-electron chi connectivity index (χ2n) is 2.53. The van der Waals surface area contributed by atoms with Crippen LogP contribution >= 0.6 is 7.82 Å². The molecule has 0 saturated heterocycles. The molecule has 0 saturated carbocycles. The van der Waals surface area contributed by atoms with Crippen LogP contribution in [0.25, 0.3) is 0 Å². The Labute approximate surface area is 82.5 Å². The van der Waals surface area contributed by atoms with Gasteiger partial charge >= 0.3 is 6.18 Å². The zero-order valence-corrected chi connectivity index (χ0v) is 7.92. The van der Waals surface area contributed by atoms with E-state index in [2.05, 4.69) is 4.52 Å². The molecule has 0 radical (unpaired) electrons. The number of alkyl halides is 3. The molecule has 15 heavy (non-hydrogen) atoms. The molecule has 0 aliphatic heterocycles. The predicted octanol–water partition coefficient (Wildman–Crippen LogP) is 0.913. The minimum absolute atomic E-state index is 0.616. The van der Waals surface area contributed by atoms with Gasteiger partial charge in [-0.15, -0.1) is 0 Å². The highest BCUT2D eigenvalue weighted by Crippen LogP contribution is 2.40. The number of benzene rings is 1. The topological polar surface area (TPSA) is 72.4 Å². The number of halogens is 3. The summed E-state index contributed by atoms with van der Waals surface area (Å²) in [6.07, 6.45) is -4.77. The van der Waals surface area contributed by atoms with Crippen molar-refractivity contribution in [3.8, 4) is 5.75 Å². The van der Waals surface area contributed by atoms with Gasteiger partial charge < -0.3 is 18.9 Å². The first-order valence-corrected chi connectivity index (χ1v) is 5.04. The molecule has 1 aromatic carbocycles. The van der Waals surface area contributed by atoms with Crippen LogP contribution in [0.1, 0.15) is 5.56 Å². The summed E-state index contributed by atoms with van der Waals surface area (Å²) < 4.78 is 50.6. The van der Waals surface area contributed by atoms with Crippen molar-refractivity contribution in [2.45, 2.75) is 6.18 Å². The molecule has 0 heterocycles. The van der Waals surface area contributed by atoms with Crippen LogP contribution in [-0.2, 0) is 10.7 Å². The number of para-hydroxylation sites is 1.